The second-order valence-electron chi connectivity index (χ2n) is 5.77. The minimum atomic E-state index is -3.48. The molecule has 2 aromatic heterocycles. The van der Waals surface area contributed by atoms with Crippen molar-refractivity contribution in [1.29, 1.82) is 0 Å². The number of fused-ring (bicyclic) bond motifs is 3. The van der Waals surface area contributed by atoms with Crippen LogP contribution in [0.25, 0.3) is 10.9 Å². The van der Waals surface area contributed by atoms with Gasteiger partial charge in [0.1, 0.15) is 10.0 Å². The van der Waals surface area contributed by atoms with E-state index in [4.69, 9.17) is 0 Å². The highest BCUT2D eigenvalue weighted by atomic mass is 32.2. The SMILES string of the molecule is O=S(=O)(NC1CCc2[nH]c3ccc(F)cc3c2C1)c1cccs1. The first-order valence-corrected chi connectivity index (χ1v) is 9.74. The summed E-state index contributed by atoms with van der Waals surface area (Å²) in [6.45, 7) is 0. The summed E-state index contributed by atoms with van der Waals surface area (Å²) in [5, 5.41) is 2.59. The summed E-state index contributed by atoms with van der Waals surface area (Å²) < 4.78 is 41.3. The molecule has 0 bridgehead atoms. The molecular weight excluding hydrogens is 335 g/mol. The van der Waals surface area contributed by atoms with Gasteiger partial charge in [0.15, 0.2) is 0 Å². The van der Waals surface area contributed by atoms with E-state index in [2.05, 4.69) is 9.71 Å². The molecule has 4 nitrogen and oxygen atoms in total. The highest BCUT2D eigenvalue weighted by Gasteiger charge is 2.27. The third-order valence-corrected chi connectivity index (χ3v) is 7.15. The largest absolute Gasteiger partial charge is 0.358 e. The van der Waals surface area contributed by atoms with Crippen molar-refractivity contribution in [2.75, 3.05) is 0 Å². The molecule has 1 aliphatic carbocycles. The van der Waals surface area contributed by atoms with Crippen LogP contribution in [0, 0.1) is 5.82 Å². The summed E-state index contributed by atoms with van der Waals surface area (Å²) in [6, 6.07) is 7.83. The topological polar surface area (TPSA) is 62.0 Å². The number of benzene rings is 1. The quantitative estimate of drug-likeness (QED) is 0.762. The number of sulfonamides is 1. The molecule has 7 heteroatoms. The summed E-state index contributed by atoms with van der Waals surface area (Å²) in [7, 11) is -3.48. The first-order chi connectivity index (χ1) is 11.0. The molecule has 1 atom stereocenters. The lowest BCUT2D eigenvalue weighted by atomic mass is 9.92. The van der Waals surface area contributed by atoms with Crippen LogP contribution in [-0.4, -0.2) is 19.4 Å². The molecule has 4 rings (SSSR count). The van der Waals surface area contributed by atoms with Crippen LogP contribution in [-0.2, 0) is 22.9 Å². The number of aromatic nitrogens is 1. The maximum absolute atomic E-state index is 13.5. The molecule has 2 N–H and O–H groups in total. The molecular formula is C16H15FN2O2S2. The molecule has 23 heavy (non-hydrogen) atoms. The van der Waals surface area contributed by atoms with Crippen molar-refractivity contribution in [2.24, 2.45) is 0 Å². The molecule has 2 heterocycles. The third-order valence-electron chi connectivity index (χ3n) is 4.23. The predicted octanol–water partition coefficient (Wildman–Crippen LogP) is 3.20. The van der Waals surface area contributed by atoms with Crippen LogP contribution < -0.4 is 4.72 Å². The van der Waals surface area contributed by atoms with Crippen LogP contribution in [0.5, 0.6) is 0 Å². The van der Waals surface area contributed by atoms with E-state index in [0.29, 0.717) is 10.6 Å². The van der Waals surface area contributed by atoms with E-state index in [0.717, 1.165) is 35.0 Å². The second-order valence-corrected chi connectivity index (χ2v) is 8.65. The van der Waals surface area contributed by atoms with Crippen molar-refractivity contribution in [3.8, 4) is 0 Å². The van der Waals surface area contributed by atoms with Crippen LogP contribution in [0.15, 0.2) is 39.9 Å². The minimum absolute atomic E-state index is 0.170. The molecule has 0 radical (unpaired) electrons. The Bertz CT molecular complexity index is 962. The van der Waals surface area contributed by atoms with E-state index in [1.807, 2.05) is 0 Å². The average molecular weight is 350 g/mol. The number of halogens is 1. The number of hydrogen-bond acceptors (Lipinski definition) is 3. The number of thiophene rings is 1. The zero-order valence-electron chi connectivity index (χ0n) is 12.2. The smallest absolute Gasteiger partial charge is 0.250 e. The van der Waals surface area contributed by atoms with Gasteiger partial charge in [-0.3, -0.25) is 0 Å². The molecule has 0 amide bonds. The van der Waals surface area contributed by atoms with Crippen LogP contribution in [0.2, 0.25) is 0 Å². The lowest BCUT2D eigenvalue weighted by molar-refractivity contribution is 0.507. The Balaban J connectivity index is 1.64. The van der Waals surface area contributed by atoms with Crippen LogP contribution >= 0.6 is 11.3 Å². The maximum Gasteiger partial charge on any atom is 0.250 e. The van der Waals surface area contributed by atoms with E-state index in [1.165, 1.54) is 23.5 Å². The lowest BCUT2D eigenvalue weighted by Gasteiger charge is -2.23. The summed E-state index contributed by atoms with van der Waals surface area (Å²) >= 11 is 1.20. The third kappa shape index (κ3) is 2.69. The van der Waals surface area contributed by atoms with Gasteiger partial charge in [0, 0.05) is 22.6 Å². The first kappa shape index (κ1) is 14.9. The van der Waals surface area contributed by atoms with Crippen molar-refractivity contribution < 1.29 is 12.8 Å². The second kappa shape index (κ2) is 5.43. The van der Waals surface area contributed by atoms with Gasteiger partial charge in [-0.15, -0.1) is 11.3 Å². The molecule has 0 fully saturated rings. The van der Waals surface area contributed by atoms with E-state index >= 15 is 0 Å². The van der Waals surface area contributed by atoms with Crippen molar-refractivity contribution in [3.05, 3.63) is 52.8 Å². The molecule has 0 saturated heterocycles. The Morgan fingerprint density at radius 3 is 2.96 bits per heavy atom. The first-order valence-electron chi connectivity index (χ1n) is 7.38. The average Bonchev–Trinajstić information content (AvgIpc) is 3.15. The monoisotopic (exact) mass is 350 g/mol. The Labute approximate surface area is 137 Å². The molecule has 1 aromatic carbocycles. The van der Waals surface area contributed by atoms with Crippen LogP contribution in [0.4, 0.5) is 4.39 Å². The molecule has 120 valence electrons. The molecule has 3 aromatic rings. The number of H-pyrrole nitrogens is 1. The number of aryl methyl sites for hydroxylation is 1. The number of aromatic amines is 1. The maximum atomic E-state index is 13.5. The van der Waals surface area contributed by atoms with E-state index in [-0.39, 0.29) is 11.9 Å². The van der Waals surface area contributed by atoms with Gasteiger partial charge in [0.25, 0.3) is 0 Å². The number of rotatable bonds is 3. The van der Waals surface area contributed by atoms with Gasteiger partial charge < -0.3 is 4.98 Å². The minimum Gasteiger partial charge on any atom is -0.358 e. The Kier molecular flexibility index (Phi) is 3.51. The highest BCUT2D eigenvalue weighted by Crippen LogP contribution is 2.30. The van der Waals surface area contributed by atoms with Gasteiger partial charge in [-0.1, -0.05) is 6.07 Å². The Morgan fingerprint density at radius 2 is 2.17 bits per heavy atom. The van der Waals surface area contributed by atoms with Crippen molar-refractivity contribution in [2.45, 2.75) is 29.5 Å². The van der Waals surface area contributed by atoms with Crippen LogP contribution in [0.3, 0.4) is 0 Å². The van der Waals surface area contributed by atoms with Gasteiger partial charge in [-0.2, -0.15) is 0 Å². The van der Waals surface area contributed by atoms with Crippen molar-refractivity contribution >= 4 is 32.3 Å². The van der Waals surface area contributed by atoms with E-state index < -0.39 is 10.0 Å². The molecule has 1 aliphatic rings. The van der Waals surface area contributed by atoms with Gasteiger partial charge in [-0.25, -0.2) is 17.5 Å². The van der Waals surface area contributed by atoms with Gasteiger partial charge >= 0.3 is 0 Å². The standard InChI is InChI=1S/C16H15FN2O2S2/c17-10-3-5-14-12(8-10)13-9-11(4-6-15(13)18-14)19-23(20,21)16-2-1-7-22-16/h1-3,5,7-8,11,18-19H,4,6,9H2. The summed E-state index contributed by atoms with van der Waals surface area (Å²) in [6.07, 6.45) is 2.06. The molecule has 0 spiro atoms. The normalized spacial score (nSPS) is 18.2. The fourth-order valence-electron chi connectivity index (χ4n) is 3.18. The lowest BCUT2D eigenvalue weighted by Crippen LogP contribution is -2.38. The Morgan fingerprint density at radius 1 is 1.30 bits per heavy atom. The Hall–Kier alpha value is -1.70. The fraction of sp³-hybridized carbons (Fsp3) is 0.250. The van der Waals surface area contributed by atoms with E-state index in [1.54, 1.807) is 23.6 Å². The molecule has 1 unspecified atom stereocenters. The summed E-state index contributed by atoms with van der Waals surface area (Å²) in [5.41, 5.74) is 3.00. The zero-order valence-corrected chi connectivity index (χ0v) is 13.8. The van der Waals surface area contributed by atoms with Crippen molar-refractivity contribution in [1.82, 2.24) is 9.71 Å². The summed E-state index contributed by atoms with van der Waals surface area (Å²) in [5.74, 6) is -0.277. The summed E-state index contributed by atoms with van der Waals surface area (Å²) in [4.78, 5) is 3.31. The number of hydrogen-bond donors (Lipinski definition) is 2. The van der Waals surface area contributed by atoms with Crippen molar-refractivity contribution in [3.63, 3.8) is 0 Å². The van der Waals surface area contributed by atoms with E-state index in [9.17, 15) is 12.8 Å². The van der Waals surface area contributed by atoms with Gasteiger partial charge in [0.05, 0.1) is 0 Å². The predicted molar refractivity (Wildman–Crippen MR) is 88.7 cm³/mol. The molecule has 0 saturated carbocycles. The highest BCUT2D eigenvalue weighted by molar-refractivity contribution is 7.91. The fourth-order valence-corrected chi connectivity index (χ4v) is 5.46. The van der Waals surface area contributed by atoms with Crippen LogP contribution in [0.1, 0.15) is 17.7 Å². The van der Waals surface area contributed by atoms with Gasteiger partial charge in [0.2, 0.25) is 10.0 Å². The van der Waals surface area contributed by atoms with Gasteiger partial charge in [-0.05, 0) is 54.5 Å². The zero-order chi connectivity index (χ0) is 16.0. The molecule has 0 aliphatic heterocycles. The number of nitrogens with one attached hydrogen (secondary N) is 2.